The number of methoxy groups -OCH3 is 2. The van der Waals surface area contributed by atoms with Gasteiger partial charge in [0.1, 0.15) is 11.8 Å². The Kier molecular flexibility index (Phi) is 6.23. The van der Waals surface area contributed by atoms with Gasteiger partial charge in [-0.25, -0.2) is 4.39 Å². The van der Waals surface area contributed by atoms with Crippen LogP contribution in [0.3, 0.4) is 0 Å². The molecule has 1 saturated heterocycles. The maximum Gasteiger partial charge on any atom is 0.267 e. The number of nitrogens with one attached hydrogen (secondary N) is 1. The molecule has 0 spiro atoms. The fraction of sp³-hybridized carbons (Fsp3) is 0.381. The van der Waals surface area contributed by atoms with E-state index >= 15 is 0 Å². The average Bonchev–Trinajstić information content (AvgIpc) is 3.00. The first kappa shape index (κ1) is 22.6. The smallest absolute Gasteiger partial charge is 0.267 e. The van der Waals surface area contributed by atoms with Crippen molar-refractivity contribution in [3.05, 3.63) is 53.4 Å². The molecule has 3 rings (SSSR count). The van der Waals surface area contributed by atoms with Crippen LogP contribution < -0.4 is 15.8 Å². The van der Waals surface area contributed by atoms with Crippen LogP contribution in [-0.4, -0.2) is 48.8 Å². The number of primary amides is 1. The summed E-state index contributed by atoms with van der Waals surface area (Å²) in [6.07, 6.45) is -0.493. The van der Waals surface area contributed by atoms with Crippen LogP contribution in [0.4, 0.5) is 14.5 Å². The first-order valence-electron chi connectivity index (χ1n) is 9.40. The molecule has 0 aliphatic carbocycles. The Morgan fingerprint density at radius 1 is 1.23 bits per heavy atom. The summed E-state index contributed by atoms with van der Waals surface area (Å²) in [7, 11) is 2.65. The third kappa shape index (κ3) is 4.21. The fourth-order valence-corrected chi connectivity index (χ4v) is 3.91. The predicted octanol–water partition coefficient (Wildman–Crippen LogP) is 2.38. The molecule has 1 aromatic heterocycles. The highest BCUT2D eigenvalue weighted by Crippen LogP contribution is 2.46. The molecule has 2 amide bonds. The van der Waals surface area contributed by atoms with Gasteiger partial charge in [0.2, 0.25) is 5.82 Å². The molecule has 8 nitrogen and oxygen atoms in total. The van der Waals surface area contributed by atoms with Gasteiger partial charge in [0.05, 0.1) is 24.7 Å². The minimum absolute atomic E-state index is 0.0286. The number of nitrogens with two attached hydrogens (primary N) is 1. The number of hydrogen-bond acceptors (Lipinski definition) is 6. The van der Waals surface area contributed by atoms with Crippen molar-refractivity contribution in [2.24, 2.45) is 5.73 Å². The third-order valence-electron chi connectivity index (χ3n) is 5.20. The van der Waals surface area contributed by atoms with Crippen molar-refractivity contribution in [3.8, 4) is 5.75 Å². The Balaban J connectivity index is 2.02. The monoisotopic (exact) mass is 435 g/mol. The summed E-state index contributed by atoms with van der Waals surface area (Å²) in [6.45, 7) is 3.46. The predicted molar refractivity (Wildman–Crippen MR) is 107 cm³/mol. The van der Waals surface area contributed by atoms with Crippen LogP contribution in [0.1, 0.15) is 35.8 Å². The van der Waals surface area contributed by atoms with Gasteiger partial charge in [-0.15, -0.1) is 0 Å². The summed E-state index contributed by atoms with van der Waals surface area (Å²) in [5.41, 5.74) is 4.76. The van der Waals surface area contributed by atoms with E-state index in [1.807, 2.05) is 0 Å². The number of ether oxygens (including phenoxy) is 3. The molecular weight excluding hydrogens is 412 g/mol. The van der Waals surface area contributed by atoms with Gasteiger partial charge in [0.15, 0.2) is 11.6 Å². The molecule has 2 heterocycles. The highest BCUT2D eigenvalue weighted by molar-refractivity contribution is 5.97. The van der Waals surface area contributed by atoms with E-state index in [1.165, 1.54) is 38.6 Å². The van der Waals surface area contributed by atoms with Gasteiger partial charge in [-0.05, 0) is 32.0 Å². The van der Waals surface area contributed by atoms with Crippen LogP contribution in [0.2, 0.25) is 0 Å². The van der Waals surface area contributed by atoms with E-state index in [1.54, 1.807) is 13.8 Å². The lowest BCUT2D eigenvalue weighted by Crippen LogP contribution is -2.36. The first-order valence-corrected chi connectivity index (χ1v) is 9.40. The van der Waals surface area contributed by atoms with E-state index in [-0.39, 0.29) is 22.7 Å². The van der Waals surface area contributed by atoms with Gasteiger partial charge < -0.3 is 25.3 Å². The Morgan fingerprint density at radius 2 is 1.94 bits per heavy atom. The first-order chi connectivity index (χ1) is 14.6. The minimum atomic E-state index is -1.17. The molecule has 1 aliphatic rings. The van der Waals surface area contributed by atoms with Crippen molar-refractivity contribution >= 4 is 17.5 Å². The number of hydrogen-bond donors (Lipinski definition) is 2. The molecule has 1 aliphatic heterocycles. The molecule has 3 N–H and O–H groups in total. The zero-order chi connectivity index (χ0) is 22.9. The lowest BCUT2D eigenvalue weighted by molar-refractivity contribution is -0.132. The van der Waals surface area contributed by atoms with Crippen molar-refractivity contribution in [2.45, 2.75) is 37.6 Å². The minimum Gasteiger partial charge on any atom is -0.493 e. The SMILES string of the molecule is COc1c([C@@H]2[C@@H](C(=O)Nc3ccnc(C(N)=O)c3)OC(C)(C)[C@@H]2OC)ccc(F)c1F. The Morgan fingerprint density at radius 3 is 2.55 bits per heavy atom. The van der Waals surface area contributed by atoms with Crippen LogP contribution in [0.15, 0.2) is 30.5 Å². The Labute approximate surface area is 177 Å². The van der Waals surface area contributed by atoms with E-state index in [9.17, 15) is 18.4 Å². The summed E-state index contributed by atoms with van der Waals surface area (Å²) in [5.74, 6) is -4.72. The molecular formula is C21H23F2N3O5. The number of carbonyl (C=O) groups is 2. The maximum absolute atomic E-state index is 14.4. The zero-order valence-corrected chi connectivity index (χ0v) is 17.4. The number of halogens is 2. The summed E-state index contributed by atoms with van der Waals surface area (Å²) in [6, 6.07) is 5.10. The van der Waals surface area contributed by atoms with Crippen LogP contribution in [0.5, 0.6) is 5.75 Å². The third-order valence-corrected chi connectivity index (χ3v) is 5.20. The van der Waals surface area contributed by atoms with Crippen LogP contribution in [-0.2, 0) is 14.3 Å². The lowest BCUT2D eigenvalue weighted by atomic mass is 9.83. The quantitative estimate of drug-likeness (QED) is 0.721. The van der Waals surface area contributed by atoms with Gasteiger partial charge >= 0.3 is 0 Å². The van der Waals surface area contributed by atoms with Gasteiger partial charge in [0.25, 0.3) is 11.8 Å². The van der Waals surface area contributed by atoms with Crippen molar-refractivity contribution in [1.82, 2.24) is 4.98 Å². The molecule has 1 fully saturated rings. The molecule has 31 heavy (non-hydrogen) atoms. The molecule has 2 aromatic rings. The Bertz CT molecular complexity index is 1010. The molecule has 3 atom stereocenters. The average molecular weight is 435 g/mol. The van der Waals surface area contributed by atoms with E-state index in [4.69, 9.17) is 19.9 Å². The number of aromatic nitrogens is 1. The second-order valence-corrected chi connectivity index (χ2v) is 7.59. The zero-order valence-electron chi connectivity index (χ0n) is 17.4. The number of carbonyl (C=O) groups excluding carboxylic acids is 2. The van der Waals surface area contributed by atoms with Crippen LogP contribution in [0, 0.1) is 11.6 Å². The number of benzene rings is 1. The highest BCUT2D eigenvalue weighted by Gasteiger charge is 2.54. The van der Waals surface area contributed by atoms with E-state index in [0.717, 1.165) is 6.07 Å². The van der Waals surface area contributed by atoms with Gasteiger partial charge in [0, 0.05) is 24.6 Å². The fourth-order valence-electron chi connectivity index (χ4n) is 3.91. The summed E-state index contributed by atoms with van der Waals surface area (Å²) in [4.78, 5) is 28.3. The van der Waals surface area contributed by atoms with Gasteiger partial charge in [-0.2, -0.15) is 4.39 Å². The summed E-state index contributed by atoms with van der Waals surface area (Å²) < 4.78 is 44.9. The lowest BCUT2D eigenvalue weighted by Gasteiger charge is -2.28. The molecule has 166 valence electrons. The molecule has 0 bridgehead atoms. The van der Waals surface area contributed by atoms with E-state index in [2.05, 4.69) is 10.3 Å². The molecule has 10 heteroatoms. The van der Waals surface area contributed by atoms with E-state index in [0.29, 0.717) is 0 Å². The number of amides is 2. The van der Waals surface area contributed by atoms with E-state index < -0.39 is 47.2 Å². The van der Waals surface area contributed by atoms with Crippen molar-refractivity contribution < 1.29 is 32.6 Å². The number of pyridine rings is 1. The number of nitrogens with zero attached hydrogens (tertiary/aromatic N) is 1. The largest absolute Gasteiger partial charge is 0.493 e. The standard InChI is InChI=1S/C21H23F2N3O5/c1-21(2)18(30-4)14(11-5-6-12(22)15(23)16(11)29-3)17(31-21)20(28)26-10-7-8-25-13(9-10)19(24)27/h5-9,14,17-18H,1-4H3,(H2,24,27)(H,25,26,28)/t14-,17+,18-/m1/s1. The number of anilines is 1. The maximum atomic E-state index is 14.4. The summed E-state index contributed by atoms with van der Waals surface area (Å²) >= 11 is 0. The topological polar surface area (TPSA) is 113 Å². The van der Waals surface area contributed by atoms with Gasteiger partial charge in [-0.3, -0.25) is 14.6 Å². The summed E-state index contributed by atoms with van der Waals surface area (Å²) in [5, 5.41) is 2.65. The normalized spacial score (nSPS) is 22.2. The molecule has 1 aromatic carbocycles. The second kappa shape index (κ2) is 8.56. The van der Waals surface area contributed by atoms with Gasteiger partial charge in [-0.1, -0.05) is 6.07 Å². The van der Waals surface area contributed by atoms with Crippen molar-refractivity contribution in [1.29, 1.82) is 0 Å². The van der Waals surface area contributed by atoms with Crippen molar-refractivity contribution in [2.75, 3.05) is 19.5 Å². The molecule has 0 radical (unpaired) electrons. The molecule has 0 unspecified atom stereocenters. The van der Waals surface area contributed by atoms with Crippen LogP contribution in [0.25, 0.3) is 0 Å². The Hall–Kier alpha value is -3.11. The van der Waals surface area contributed by atoms with Crippen LogP contribution >= 0.6 is 0 Å². The number of rotatable bonds is 6. The molecule has 0 saturated carbocycles. The van der Waals surface area contributed by atoms with Crippen molar-refractivity contribution in [3.63, 3.8) is 0 Å². The highest BCUT2D eigenvalue weighted by atomic mass is 19.2. The second-order valence-electron chi connectivity index (χ2n) is 7.59.